The molecule has 2 saturated carbocycles. The molecule has 0 saturated heterocycles. The summed E-state index contributed by atoms with van der Waals surface area (Å²) in [5, 5.41) is 0.377. The molecule has 8 heteroatoms. The van der Waals surface area contributed by atoms with Gasteiger partial charge in [-0.25, -0.2) is 9.78 Å². The van der Waals surface area contributed by atoms with Crippen molar-refractivity contribution in [3.63, 3.8) is 0 Å². The van der Waals surface area contributed by atoms with Gasteiger partial charge in [-0.3, -0.25) is 14.2 Å². The number of rotatable bonds is 5. The highest BCUT2D eigenvalue weighted by atomic mass is 32.1. The highest BCUT2D eigenvalue weighted by Crippen LogP contribution is 2.29. The largest absolute Gasteiger partial charge is 0.461 e. The number of hydrogen-bond donors (Lipinski definition) is 0. The third-order valence-corrected chi connectivity index (χ3v) is 7.01. The zero-order valence-corrected chi connectivity index (χ0v) is 17.5. The van der Waals surface area contributed by atoms with Gasteiger partial charge < -0.3 is 9.47 Å². The summed E-state index contributed by atoms with van der Waals surface area (Å²) in [4.78, 5) is 43.0. The lowest BCUT2D eigenvalue weighted by Gasteiger charge is -2.21. The number of aromatic nitrogens is 2. The lowest BCUT2D eigenvalue weighted by Crippen LogP contribution is -2.27. The molecule has 0 aromatic carbocycles. The molecule has 0 unspecified atom stereocenters. The highest BCUT2D eigenvalue weighted by Gasteiger charge is 2.25. The Bertz CT molecular complexity index is 967. The Morgan fingerprint density at radius 1 is 1.07 bits per heavy atom. The van der Waals surface area contributed by atoms with Gasteiger partial charge in [-0.05, 0) is 63.9 Å². The van der Waals surface area contributed by atoms with Gasteiger partial charge in [-0.15, -0.1) is 11.3 Å². The molecule has 29 heavy (non-hydrogen) atoms. The average Bonchev–Trinajstić information content (AvgIpc) is 3.33. The smallest absolute Gasteiger partial charge is 0.348 e. The van der Waals surface area contributed by atoms with Gasteiger partial charge in [0.2, 0.25) is 0 Å². The van der Waals surface area contributed by atoms with Crippen LogP contribution in [0.3, 0.4) is 0 Å². The van der Waals surface area contributed by atoms with Crippen LogP contribution in [0, 0.1) is 6.92 Å². The molecule has 4 rings (SSSR count). The molecule has 0 bridgehead atoms. The van der Waals surface area contributed by atoms with Crippen LogP contribution in [0.15, 0.2) is 11.1 Å². The topological polar surface area (TPSA) is 87.5 Å². The van der Waals surface area contributed by atoms with Crippen LogP contribution in [0.5, 0.6) is 0 Å². The van der Waals surface area contributed by atoms with Gasteiger partial charge in [-0.1, -0.05) is 6.42 Å². The summed E-state index contributed by atoms with van der Waals surface area (Å²) in [5.41, 5.74) is 0.241. The van der Waals surface area contributed by atoms with E-state index < -0.39 is 5.97 Å². The number of hydrogen-bond acceptors (Lipinski definition) is 7. The Labute approximate surface area is 173 Å². The molecule has 0 amide bonds. The first-order chi connectivity index (χ1) is 14.0. The van der Waals surface area contributed by atoms with Crippen molar-refractivity contribution in [2.45, 2.75) is 83.5 Å². The quantitative estimate of drug-likeness (QED) is 0.688. The van der Waals surface area contributed by atoms with Crippen molar-refractivity contribution in [3.8, 4) is 0 Å². The Morgan fingerprint density at radius 3 is 2.38 bits per heavy atom. The van der Waals surface area contributed by atoms with Crippen LogP contribution < -0.4 is 5.56 Å². The molecule has 7 nitrogen and oxygen atoms in total. The maximum Gasteiger partial charge on any atom is 0.348 e. The minimum atomic E-state index is -0.426. The second-order valence-electron chi connectivity index (χ2n) is 7.98. The first-order valence-corrected chi connectivity index (χ1v) is 11.2. The van der Waals surface area contributed by atoms with E-state index in [-0.39, 0.29) is 30.3 Å². The van der Waals surface area contributed by atoms with Crippen molar-refractivity contribution in [1.29, 1.82) is 0 Å². The monoisotopic (exact) mass is 418 g/mol. The SMILES string of the molecule is Cc1c(C(=O)OC2CCCCC2)sc2ncn(CC(=O)OC3CCCC3)c(=O)c12. The van der Waals surface area contributed by atoms with Crippen LogP contribution in [0.2, 0.25) is 0 Å². The molecule has 2 aliphatic rings. The van der Waals surface area contributed by atoms with Crippen LogP contribution in [0.1, 0.15) is 73.0 Å². The van der Waals surface area contributed by atoms with E-state index in [1.165, 1.54) is 28.7 Å². The van der Waals surface area contributed by atoms with Crippen LogP contribution in [-0.2, 0) is 20.8 Å². The lowest BCUT2D eigenvalue weighted by molar-refractivity contribution is -0.149. The van der Waals surface area contributed by atoms with Gasteiger partial charge in [0.1, 0.15) is 28.5 Å². The number of esters is 2. The second-order valence-corrected chi connectivity index (χ2v) is 8.97. The molecule has 2 fully saturated rings. The predicted molar refractivity (Wildman–Crippen MR) is 109 cm³/mol. The molecule has 2 aromatic rings. The van der Waals surface area contributed by atoms with Crippen molar-refractivity contribution in [3.05, 3.63) is 27.1 Å². The fraction of sp³-hybridized carbons (Fsp3) is 0.619. The highest BCUT2D eigenvalue weighted by molar-refractivity contribution is 7.20. The van der Waals surface area contributed by atoms with Crippen molar-refractivity contribution < 1.29 is 19.1 Å². The molecule has 0 aliphatic heterocycles. The van der Waals surface area contributed by atoms with E-state index in [1.54, 1.807) is 6.92 Å². The number of nitrogens with zero attached hydrogens (tertiary/aromatic N) is 2. The van der Waals surface area contributed by atoms with E-state index in [4.69, 9.17) is 9.47 Å². The van der Waals surface area contributed by atoms with Gasteiger partial charge in [0.05, 0.1) is 11.7 Å². The van der Waals surface area contributed by atoms with Crippen molar-refractivity contribution in [1.82, 2.24) is 9.55 Å². The van der Waals surface area contributed by atoms with Crippen molar-refractivity contribution in [2.75, 3.05) is 0 Å². The molecule has 0 N–H and O–H groups in total. The van der Waals surface area contributed by atoms with Gasteiger partial charge in [0, 0.05) is 0 Å². The van der Waals surface area contributed by atoms with E-state index >= 15 is 0 Å². The first kappa shape index (κ1) is 20.1. The van der Waals surface area contributed by atoms with E-state index in [2.05, 4.69) is 4.98 Å². The van der Waals surface area contributed by atoms with E-state index in [9.17, 15) is 14.4 Å². The van der Waals surface area contributed by atoms with Crippen molar-refractivity contribution >= 4 is 33.5 Å². The molecule has 2 aromatic heterocycles. The maximum absolute atomic E-state index is 12.9. The fourth-order valence-corrected chi connectivity index (χ4v) is 5.25. The van der Waals surface area contributed by atoms with Crippen LogP contribution in [-0.4, -0.2) is 33.7 Å². The summed E-state index contributed by atoms with van der Waals surface area (Å²) in [5.74, 6) is -0.811. The van der Waals surface area contributed by atoms with E-state index in [1.807, 2.05) is 0 Å². The number of fused-ring (bicyclic) bond motifs is 1. The summed E-state index contributed by atoms with van der Waals surface area (Å²) >= 11 is 1.17. The van der Waals surface area contributed by atoms with Gasteiger partial charge in [-0.2, -0.15) is 0 Å². The Morgan fingerprint density at radius 2 is 1.69 bits per heavy atom. The minimum Gasteiger partial charge on any atom is -0.461 e. The van der Waals surface area contributed by atoms with E-state index in [0.29, 0.717) is 20.7 Å². The summed E-state index contributed by atoms with van der Waals surface area (Å²) in [6, 6.07) is 0. The first-order valence-electron chi connectivity index (χ1n) is 10.4. The Kier molecular flexibility index (Phi) is 5.99. The number of carbonyl (C=O) groups excluding carboxylic acids is 2. The van der Waals surface area contributed by atoms with Gasteiger partial charge >= 0.3 is 11.9 Å². The van der Waals surface area contributed by atoms with E-state index in [0.717, 1.165) is 51.4 Å². The molecule has 0 atom stereocenters. The Balaban J connectivity index is 1.52. The van der Waals surface area contributed by atoms with Crippen molar-refractivity contribution in [2.24, 2.45) is 0 Å². The molecule has 2 heterocycles. The summed E-state index contributed by atoms with van der Waals surface area (Å²) in [6.07, 6.45) is 10.3. The minimum absolute atomic E-state index is 0.0427. The molecule has 2 aliphatic carbocycles. The second kappa shape index (κ2) is 8.65. The van der Waals surface area contributed by atoms with Crippen LogP contribution in [0.25, 0.3) is 10.2 Å². The van der Waals surface area contributed by atoms with Gasteiger partial charge in [0.15, 0.2) is 0 Å². The fourth-order valence-electron chi connectivity index (χ4n) is 4.22. The van der Waals surface area contributed by atoms with Crippen LogP contribution >= 0.6 is 11.3 Å². The number of ether oxygens (including phenoxy) is 2. The Hall–Kier alpha value is -2.22. The maximum atomic E-state index is 12.9. The lowest BCUT2D eigenvalue weighted by atomic mass is 9.98. The number of carbonyl (C=O) groups is 2. The summed E-state index contributed by atoms with van der Waals surface area (Å²) in [7, 11) is 0. The number of aryl methyl sites for hydroxylation is 1. The average molecular weight is 419 g/mol. The standard InChI is InChI=1S/C21H26N2O5S/c1-13-17-19(29-18(13)21(26)28-15-7-3-2-4-8-15)22-12-23(20(17)25)11-16(24)27-14-9-5-6-10-14/h12,14-15H,2-11H2,1H3. The van der Waals surface area contributed by atoms with Crippen LogP contribution in [0.4, 0.5) is 0 Å². The summed E-state index contributed by atoms with van der Waals surface area (Å²) in [6.45, 7) is 1.57. The molecule has 0 radical (unpaired) electrons. The predicted octanol–water partition coefficient (Wildman–Crippen LogP) is 3.74. The van der Waals surface area contributed by atoms with Gasteiger partial charge in [0.25, 0.3) is 5.56 Å². The normalized spacial score (nSPS) is 18.2. The third kappa shape index (κ3) is 4.37. The molecular weight excluding hydrogens is 392 g/mol. The zero-order valence-electron chi connectivity index (χ0n) is 16.6. The number of thiophene rings is 1. The molecule has 0 spiro atoms. The molecule has 156 valence electrons. The molecular formula is C21H26N2O5S. The summed E-state index contributed by atoms with van der Waals surface area (Å²) < 4.78 is 12.4. The third-order valence-electron chi connectivity index (χ3n) is 5.83. The zero-order chi connectivity index (χ0) is 20.4.